The summed E-state index contributed by atoms with van der Waals surface area (Å²) in [6, 6.07) is 10.7. The summed E-state index contributed by atoms with van der Waals surface area (Å²) in [5, 5.41) is 0. The lowest BCUT2D eigenvalue weighted by molar-refractivity contribution is 0.573. The summed E-state index contributed by atoms with van der Waals surface area (Å²) in [5.74, 6) is 0. The van der Waals surface area contributed by atoms with Gasteiger partial charge in [-0.3, -0.25) is 0 Å². The molecular weight excluding hydrogens is 200 g/mol. The molecule has 0 nitrogen and oxygen atoms in total. The largest absolute Gasteiger partial charge is 0.120 e. The lowest BCUT2D eigenvalue weighted by Gasteiger charge is -2.23. The van der Waals surface area contributed by atoms with Gasteiger partial charge in [-0.25, -0.2) is 0 Å². The molecule has 0 fully saturated rings. The highest BCUT2D eigenvalue weighted by Gasteiger charge is 2.18. The first-order valence-electron chi connectivity index (χ1n) is 5.88. The van der Waals surface area contributed by atoms with Crippen molar-refractivity contribution in [2.24, 2.45) is 0 Å². The molecule has 1 rings (SSSR count). The van der Waals surface area contributed by atoms with Crippen molar-refractivity contribution in [3.05, 3.63) is 30.3 Å². The molecule has 0 heterocycles. The van der Waals surface area contributed by atoms with Crippen LogP contribution in [0, 0.1) is 0 Å². The molecule has 0 aromatic heterocycles. The maximum absolute atomic E-state index is 2.35. The van der Waals surface area contributed by atoms with E-state index in [1.807, 2.05) is 11.8 Å². The molecule has 0 aliphatic heterocycles. The molecular formula is C14H22S. The molecule has 0 radical (unpaired) electrons. The van der Waals surface area contributed by atoms with Gasteiger partial charge in [0.25, 0.3) is 0 Å². The Kier molecular flexibility index (Phi) is 5.24. The second-order valence-electron chi connectivity index (χ2n) is 4.63. The first kappa shape index (κ1) is 12.6. The molecule has 0 amide bonds. The van der Waals surface area contributed by atoms with Crippen molar-refractivity contribution in [3.8, 4) is 0 Å². The molecule has 0 atom stereocenters. The minimum Gasteiger partial charge on any atom is -0.120 e. The van der Waals surface area contributed by atoms with Gasteiger partial charge in [0.2, 0.25) is 0 Å². The van der Waals surface area contributed by atoms with Crippen molar-refractivity contribution in [1.82, 2.24) is 0 Å². The van der Waals surface area contributed by atoms with Crippen LogP contribution in [0.25, 0.3) is 0 Å². The molecule has 0 aliphatic rings. The van der Waals surface area contributed by atoms with Gasteiger partial charge in [0.1, 0.15) is 0 Å². The zero-order valence-electron chi connectivity index (χ0n) is 10.1. The van der Waals surface area contributed by atoms with Crippen LogP contribution in [0.15, 0.2) is 35.2 Å². The topological polar surface area (TPSA) is 0 Å². The molecule has 1 aromatic carbocycles. The monoisotopic (exact) mass is 222 g/mol. The van der Waals surface area contributed by atoms with Gasteiger partial charge in [0, 0.05) is 9.64 Å². The molecule has 0 saturated heterocycles. The second-order valence-corrected chi connectivity index (χ2v) is 6.41. The van der Waals surface area contributed by atoms with Crippen LogP contribution in [-0.2, 0) is 0 Å². The Bertz CT molecular complexity index is 264. The van der Waals surface area contributed by atoms with Crippen molar-refractivity contribution in [2.75, 3.05) is 0 Å². The molecule has 1 aromatic rings. The third-order valence-corrected chi connectivity index (χ3v) is 3.78. The zero-order valence-corrected chi connectivity index (χ0v) is 10.9. The van der Waals surface area contributed by atoms with Crippen LogP contribution in [0.2, 0.25) is 0 Å². The van der Waals surface area contributed by atoms with E-state index in [1.165, 1.54) is 30.6 Å². The number of hydrogen-bond acceptors (Lipinski definition) is 1. The van der Waals surface area contributed by atoms with Crippen molar-refractivity contribution in [1.29, 1.82) is 0 Å². The fourth-order valence-electron chi connectivity index (χ4n) is 1.66. The average molecular weight is 222 g/mol. The lowest BCUT2D eigenvalue weighted by Crippen LogP contribution is -2.13. The van der Waals surface area contributed by atoms with Crippen LogP contribution in [-0.4, -0.2) is 4.75 Å². The van der Waals surface area contributed by atoms with Gasteiger partial charge >= 0.3 is 0 Å². The summed E-state index contributed by atoms with van der Waals surface area (Å²) in [5.41, 5.74) is 0. The van der Waals surface area contributed by atoms with Gasteiger partial charge in [-0.15, -0.1) is 11.8 Å². The summed E-state index contributed by atoms with van der Waals surface area (Å²) in [4.78, 5) is 1.39. The van der Waals surface area contributed by atoms with Crippen LogP contribution in [0.4, 0.5) is 0 Å². The van der Waals surface area contributed by atoms with E-state index in [0.29, 0.717) is 4.75 Å². The van der Waals surface area contributed by atoms with E-state index in [1.54, 1.807) is 0 Å². The van der Waals surface area contributed by atoms with Gasteiger partial charge in [-0.05, 0) is 18.6 Å². The summed E-state index contributed by atoms with van der Waals surface area (Å²) >= 11 is 2.00. The van der Waals surface area contributed by atoms with Gasteiger partial charge in [0.05, 0.1) is 0 Å². The second kappa shape index (κ2) is 6.22. The Labute approximate surface area is 98.5 Å². The normalized spacial score (nSPS) is 11.7. The highest BCUT2D eigenvalue weighted by Crippen LogP contribution is 2.36. The van der Waals surface area contributed by atoms with E-state index < -0.39 is 0 Å². The fourth-order valence-corrected chi connectivity index (χ4v) is 2.84. The maximum Gasteiger partial charge on any atom is 0.0150 e. The molecule has 0 bridgehead atoms. The van der Waals surface area contributed by atoms with E-state index in [4.69, 9.17) is 0 Å². The van der Waals surface area contributed by atoms with E-state index in [2.05, 4.69) is 51.1 Å². The third-order valence-electron chi connectivity index (χ3n) is 2.52. The Morgan fingerprint density at radius 1 is 1.07 bits per heavy atom. The summed E-state index contributed by atoms with van der Waals surface area (Å²) < 4.78 is 0.372. The van der Waals surface area contributed by atoms with Crippen LogP contribution in [0.1, 0.15) is 46.5 Å². The van der Waals surface area contributed by atoms with Gasteiger partial charge in [0.15, 0.2) is 0 Å². The number of hydrogen-bond donors (Lipinski definition) is 0. The van der Waals surface area contributed by atoms with E-state index in [-0.39, 0.29) is 0 Å². The smallest absolute Gasteiger partial charge is 0.0150 e. The first-order chi connectivity index (χ1) is 7.14. The van der Waals surface area contributed by atoms with Crippen molar-refractivity contribution < 1.29 is 0 Å². The van der Waals surface area contributed by atoms with Crippen molar-refractivity contribution in [3.63, 3.8) is 0 Å². The quantitative estimate of drug-likeness (QED) is 0.474. The predicted octanol–water partition coefficient (Wildman–Crippen LogP) is 5.14. The summed E-state index contributed by atoms with van der Waals surface area (Å²) in [6.45, 7) is 6.96. The first-order valence-corrected chi connectivity index (χ1v) is 6.70. The van der Waals surface area contributed by atoms with Crippen molar-refractivity contribution in [2.45, 2.75) is 56.1 Å². The molecule has 0 aliphatic carbocycles. The molecule has 0 saturated carbocycles. The van der Waals surface area contributed by atoms with E-state index in [0.717, 1.165) is 0 Å². The van der Waals surface area contributed by atoms with Gasteiger partial charge < -0.3 is 0 Å². The SMILES string of the molecule is CCCCCC(C)(C)Sc1ccccc1. The van der Waals surface area contributed by atoms with Crippen LogP contribution >= 0.6 is 11.8 Å². The van der Waals surface area contributed by atoms with Crippen LogP contribution < -0.4 is 0 Å². The molecule has 84 valence electrons. The van der Waals surface area contributed by atoms with Crippen LogP contribution in [0.3, 0.4) is 0 Å². The third kappa shape index (κ3) is 5.27. The fraction of sp³-hybridized carbons (Fsp3) is 0.571. The maximum atomic E-state index is 2.35. The molecule has 0 N–H and O–H groups in total. The lowest BCUT2D eigenvalue weighted by atomic mass is 10.0. The highest BCUT2D eigenvalue weighted by molar-refractivity contribution is 8.00. The molecule has 0 spiro atoms. The number of thioether (sulfide) groups is 1. The molecule has 1 heteroatoms. The minimum absolute atomic E-state index is 0.372. The van der Waals surface area contributed by atoms with Crippen LogP contribution in [0.5, 0.6) is 0 Å². The average Bonchev–Trinajstić information content (AvgIpc) is 2.18. The Morgan fingerprint density at radius 3 is 2.33 bits per heavy atom. The Balaban J connectivity index is 2.42. The molecule has 0 unspecified atom stereocenters. The molecule has 15 heavy (non-hydrogen) atoms. The predicted molar refractivity (Wildman–Crippen MR) is 70.5 cm³/mol. The zero-order chi connectivity index (χ0) is 11.1. The summed E-state index contributed by atoms with van der Waals surface area (Å²) in [6.07, 6.45) is 5.33. The van der Waals surface area contributed by atoms with E-state index in [9.17, 15) is 0 Å². The number of rotatable bonds is 6. The van der Waals surface area contributed by atoms with E-state index >= 15 is 0 Å². The Morgan fingerprint density at radius 2 is 1.73 bits per heavy atom. The van der Waals surface area contributed by atoms with Crippen molar-refractivity contribution >= 4 is 11.8 Å². The van der Waals surface area contributed by atoms with Gasteiger partial charge in [-0.1, -0.05) is 58.2 Å². The number of unbranched alkanes of at least 4 members (excludes halogenated alkanes) is 2. The summed E-state index contributed by atoms with van der Waals surface area (Å²) in [7, 11) is 0. The Hall–Kier alpha value is -0.430. The highest BCUT2D eigenvalue weighted by atomic mass is 32.2. The van der Waals surface area contributed by atoms with Gasteiger partial charge in [-0.2, -0.15) is 0 Å². The standard InChI is InChI=1S/C14H22S/c1-4-5-9-12-14(2,3)15-13-10-7-6-8-11-13/h6-8,10-11H,4-5,9,12H2,1-3H3. The number of benzene rings is 1. The minimum atomic E-state index is 0.372.